The second-order valence-electron chi connectivity index (χ2n) is 7.81. The topological polar surface area (TPSA) is 78.0 Å². The lowest BCUT2D eigenvalue weighted by Crippen LogP contribution is -2.18. The number of hydrogen-bond donors (Lipinski definition) is 0. The summed E-state index contributed by atoms with van der Waals surface area (Å²) in [6.45, 7) is 2.01. The molecule has 0 unspecified atom stereocenters. The molecule has 3 aromatic heterocycles. The van der Waals surface area contributed by atoms with Gasteiger partial charge >= 0.3 is 0 Å². The molecule has 33 heavy (non-hydrogen) atoms. The molecule has 6 aromatic rings. The third-order valence-corrected chi connectivity index (χ3v) is 5.58. The Morgan fingerprint density at radius 3 is 2.27 bits per heavy atom. The van der Waals surface area contributed by atoms with Gasteiger partial charge in [-0.3, -0.25) is 9.36 Å². The van der Waals surface area contributed by atoms with Gasteiger partial charge in [-0.1, -0.05) is 60.2 Å². The number of rotatable bonds is 3. The first-order chi connectivity index (χ1) is 16.2. The Hall–Kier alpha value is -4.65. The second-order valence-corrected chi connectivity index (χ2v) is 7.81. The van der Waals surface area contributed by atoms with E-state index in [1.165, 1.54) is 10.9 Å². The summed E-state index contributed by atoms with van der Waals surface area (Å²) in [5.41, 5.74) is 5.38. The third-order valence-electron chi connectivity index (χ3n) is 5.58. The zero-order chi connectivity index (χ0) is 22.4. The molecule has 0 aliphatic rings. The average Bonchev–Trinajstić information content (AvgIpc) is 3.16. The van der Waals surface area contributed by atoms with Gasteiger partial charge in [0.15, 0.2) is 11.3 Å². The minimum atomic E-state index is -0.216. The number of hydrogen-bond acceptors (Lipinski definition) is 5. The molecule has 0 aliphatic heterocycles. The van der Waals surface area contributed by atoms with Gasteiger partial charge < -0.3 is 0 Å². The molecule has 3 heterocycles. The van der Waals surface area contributed by atoms with Crippen LogP contribution in [0.4, 0.5) is 0 Å². The van der Waals surface area contributed by atoms with Crippen molar-refractivity contribution in [2.24, 2.45) is 5.10 Å². The molecule has 0 radical (unpaired) electrons. The van der Waals surface area contributed by atoms with E-state index in [-0.39, 0.29) is 5.56 Å². The summed E-state index contributed by atoms with van der Waals surface area (Å²) in [6, 6.07) is 25.1. The van der Waals surface area contributed by atoms with E-state index in [4.69, 9.17) is 9.97 Å². The molecular formula is C26H18N6O. The van der Waals surface area contributed by atoms with E-state index in [1.54, 1.807) is 10.9 Å². The standard InChI is InChI=1S/C26H18N6O/c1-17-11-13-19(14-12-17)31-16-27-24-22(26(31)33)23-25(30-21-10-6-5-9-20(21)29-23)32(24)28-15-18-7-3-2-4-8-18/h2-16H,1H3/b28-15-. The van der Waals surface area contributed by atoms with Crippen molar-refractivity contribution >= 4 is 39.4 Å². The highest BCUT2D eigenvalue weighted by Crippen LogP contribution is 2.25. The summed E-state index contributed by atoms with van der Waals surface area (Å²) in [5, 5.41) is 5.02. The van der Waals surface area contributed by atoms with Gasteiger partial charge in [-0.25, -0.2) is 15.0 Å². The summed E-state index contributed by atoms with van der Waals surface area (Å²) in [5.74, 6) is 0. The quantitative estimate of drug-likeness (QED) is 0.388. The van der Waals surface area contributed by atoms with E-state index in [1.807, 2.05) is 85.8 Å². The van der Waals surface area contributed by atoms with Crippen LogP contribution in [0.5, 0.6) is 0 Å². The summed E-state index contributed by atoms with van der Waals surface area (Å²) < 4.78 is 3.13. The fraction of sp³-hybridized carbons (Fsp3) is 0.0385. The molecule has 0 bridgehead atoms. The maximum absolute atomic E-state index is 13.6. The molecule has 158 valence electrons. The van der Waals surface area contributed by atoms with Crippen molar-refractivity contribution in [2.75, 3.05) is 0 Å². The molecule has 0 spiro atoms. The van der Waals surface area contributed by atoms with E-state index < -0.39 is 0 Å². The largest absolute Gasteiger partial charge is 0.269 e. The van der Waals surface area contributed by atoms with Crippen LogP contribution in [0, 0.1) is 6.92 Å². The van der Waals surface area contributed by atoms with Crippen LogP contribution < -0.4 is 5.56 Å². The lowest BCUT2D eigenvalue weighted by molar-refractivity contribution is 0.906. The van der Waals surface area contributed by atoms with Gasteiger partial charge in [0.25, 0.3) is 5.56 Å². The smallest absolute Gasteiger partial charge is 0.268 e. The summed E-state index contributed by atoms with van der Waals surface area (Å²) in [6.07, 6.45) is 3.26. The van der Waals surface area contributed by atoms with E-state index in [0.717, 1.165) is 22.3 Å². The van der Waals surface area contributed by atoms with Gasteiger partial charge in [0.05, 0.1) is 22.9 Å². The highest BCUT2D eigenvalue weighted by atomic mass is 16.1. The van der Waals surface area contributed by atoms with E-state index >= 15 is 0 Å². The SMILES string of the molecule is Cc1ccc(-n2cnc3c(c2=O)c2nc4ccccc4nc2n3/N=C\c2ccccc2)cc1. The van der Waals surface area contributed by atoms with Crippen LogP contribution in [-0.2, 0) is 0 Å². The van der Waals surface area contributed by atoms with Gasteiger partial charge in [-0.15, -0.1) is 0 Å². The molecule has 0 fully saturated rings. The molecular weight excluding hydrogens is 412 g/mol. The van der Waals surface area contributed by atoms with Crippen molar-refractivity contribution in [3.63, 3.8) is 0 Å². The van der Waals surface area contributed by atoms with Crippen molar-refractivity contribution in [2.45, 2.75) is 6.92 Å². The van der Waals surface area contributed by atoms with Gasteiger partial charge in [0, 0.05) is 0 Å². The number of benzene rings is 3. The van der Waals surface area contributed by atoms with Crippen molar-refractivity contribution in [1.29, 1.82) is 0 Å². The normalized spacial score (nSPS) is 11.8. The zero-order valence-electron chi connectivity index (χ0n) is 17.8. The first-order valence-electron chi connectivity index (χ1n) is 10.5. The Morgan fingerprint density at radius 1 is 0.818 bits per heavy atom. The van der Waals surface area contributed by atoms with Crippen LogP contribution in [0.15, 0.2) is 95.1 Å². The van der Waals surface area contributed by atoms with Gasteiger partial charge in [0.1, 0.15) is 17.2 Å². The predicted octanol–water partition coefficient (Wildman–Crippen LogP) is 4.47. The summed E-state index contributed by atoms with van der Waals surface area (Å²) >= 11 is 0. The first kappa shape index (κ1) is 19.1. The van der Waals surface area contributed by atoms with Crippen molar-refractivity contribution in [3.8, 4) is 5.69 Å². The predicted molar refractivity (Wildman–Crippen MR) is 130 cm³/mol. The summed E-state index contributed by atoms with van der Waals surface area (Å²) in [7, 11) is 0. The molecule has 0 atom stereocenters. The molecule has 7 nitrogen and oxygen atoms in total. The Labute approximate surface area is 188 Å². The molecule has 7 heteroatoms. The Balaban J connectivity index is 1.68. The highest BCUT2D eigenvalue weighted by Gasteiger charge is 2.20. The van der Waals surface area contributed by atoms with Crippen LogP contribution in [0.25, 0.3) is 38.9 Å². The Bertz CT molecular complexity index is 1730. The lowest BCUT2D eigenvalue weighted by Gasteiger charge is -2.05. The first-order valence-corrected chi connectivity index (χ1v) is 10.5. The minimum absolute atomic E-state index is 0.216. The second kappa shape index (κ2) is 7.49. The fourth-order valence-electron chi connectivity index (χ4n) is 3.88. The molecule has 0 aliphatic carbocycles. The average molecular weight is 430 g/mol. The number of nitrogens with zero attached hydrogens (tertiary/aromatic N) is 6. The third kappa shape index (κ3) is 3.18. The van der Waals surface area contributed by atoms with Crippen LogP contribution in [0.3, 0.4) is 0 Å². The maximum Gasteiger partial charge on any atom is 0.269 e. The monoisotopic (exact) mass is 430 g/mol. The molecule has 6 rings (SSSR count). The van der Waals surface area contributed by atoms with Gasteiger partial charge in [0.2, 0.25) is 0 Å². The van der Waals surface area contributed by atoms with Gasteiger partial charge in [-0.2, -0.15) is 9.78 Å². The molecule has 0 saturated heterocycles. The van der Waals surface area contributed by atoms with Crippen LogP contribution in [0.1, 0.15) is 11.1 Å². The minimum Gasteiger partial charge on any atom is -0.268 e. The van der Waals surface area contributed by atoms with Crippen LogP contribution in [0.2, 0.25) is 0 Å². The van der Waals surface area contributed by atoms with Crippen LogP contribution >= 0.6 is 0 Å². The van der Waals surface area contributed by atoms with E-state index in [0.29, 0.717) is 27.7 Å². The number of para-hydroxylation sites is 2. The van der Waals surface area contributed by atoms with Crippen molar-refractivity contribution in [3.05, 3.63) is 107 Å². The zero-order valence-corrected chi connectivity index (χ0v) is 17.8. The van der Waals surface area contributed by atoms with E-state index in [9.17, 15) is 4.79 Å². The van der Waals surface area contributed by atoms with E-state index in [2.05, 4.69) is 10.1 Å². The lowest BCUT2D eigenvalue weighted by atomic mass is 10.2. The summed E-state index contributed by atoms with van der Waals surface area (Å²) in [4.78, 5) is 27.8. The number of fused-ring (bicyclic) bond motifs is 4. The Kier molecular flexibility index (Phi) is 4.33. The molecule has 3 aromatic carbocycles. The molecule has 0 amide bonds. The van der Waals surface area contributed by atoms with Crippen molar-refractivity contribution in [1.82, 2.24) is 24.2 Å². The highest BCUT2D eigenvalue weighted by molar-refractivity contribution is 6.05. The van der Waals surface area contributed by atoms with Gasteiger partial charge in [-0.05, 0) is 36.8 Å². The number of aryl methyl sites for hydroxylation is 1. The molecule has 0 N–H and O–H groups in total. The number of aromatic nitrogens is 5. The molecule has 0 saturated carbocycles. The maximum atomic E-state index is 13.6. The van der Waals surface area contributed by atoms with Crippen LogP contribution in [-0.4, -0.2) is 30.4 Å². The fourth-order valence-corrected chi connectivity index (χ4v) is 3.88. The van der Waals surface area contributed by atoms with Crippen molar-refractivity contribution < 1.29 is 0 Å². The Morgan fingerprint density at radius 2 is 1.52 bits per heavy atom.